The van der Waals surface area contributed by atoms with E-state index in [2.05, 4.69) is 21.3 Å². The second kappa shape index (κ2) is 9.79. The van der Waals surface area contributed by atoms with Crippen LogP contribution in [0.1, 0.15) is 12.8 Å². The lowest BCUT2D eigenvalue weighted by Gasteiger charge is -2.21. The molecule has 2 aromatic rings. The maximum atomic E-state index is 12.2. The Morgan fingerprint density at radius 3 is 2.00 bits per heavy atom. The molecule has 0 aromatic heterocycles. The van der Waals surface area contributed by atoms with Gasteiger partial charge in [0.1, 0.15) is 0 Å². The van der Waals surface area contributed by atoms with Crippen LogP contribution in [0.25, 0.3) is 0 Å². The van der Waals surface area contributed by atoms with Crippen molar-refractivity contribution in [3.63, 3.8) is 0 Å². The van der Waals surface area contributed by atoms with E-state index in [0.29, 0.717) is 5.69 Å². The molecule has 0 bridgehead atoms. The molecule has 3 rings (SSSR count). The fourth-order valence-corrected chi connectivity index (χ4v) is 2.77. The zero-order valence-electron chi connectivity index (χ0n) is 14.3. The van der Waals surface area contributed by atoms with Gasteiger partial charge in [-0.3, -0.25) is 4.79 Å². The number of rotatable bonds is 4. The SMILES string of the molecule is Cl.O=C(Nc1ccccc1)Nc1ccc(NC(=O)C2CCCNC2)cc1. The van der Waals surface area contributed by atoms with Crippen LogP contribution < -0.4 is 21.3 Å². The first-order valence-corrected chi connectivity index (χ1v) is 8.45. The van der Waals surface area contributed by atoms with Gasteiger partial charge in [-0.05, 0) is 55.8 Å². The molecule has 7 heteroatoms. The van der Waals surface area contributed by atoms with Crippen molar-refractivity contribution in [1.29, 1.82) is 0 Å². The number of halogens is 1. The van der Waals surface area contributed by atoms with Gasteiger partial charge in [-0.15, -0.1) is 12.4 Å². The van der Waals surface area contributed by atoms with Crippen LogP contribution in [0.3, 0.4) is 0 Å². The molecule has 6 nitrogen and oxygen atoms in total. The lowest BCUT2D eigenvalue weighted by atomic mass is 9.99. The minimum absolute atomic E-state index is 0. The van der Waals surface area contributed by atoms with E-state index in [1.807, 2.05) is 30.3 Å². The van der Waals surface area contributed by atoms with Crippen molar-refractivity contribution in [3.8, 4) is 0 Å². The number of piperidine rings is 1. The highest BCUT2D eigenvalue weighted by Gasteiger charge is 2.20. The van der Waals surface area contributed by atoms with Gasteiger partial charge in [0.05, 0.1) is 5.92 Å². The summed E-state index contributed by atoms with van der Waals surface area (Å²) >= 11 is 0. The zero-order chi connectivity index (χ0) is 17.5. The monoisotopic (exact) mass is 374 g/mol. The Morgan fingerprint density at radius 2 is 1.42 bits per heavy atom. The maximum Gasteiger partial charge on any atom is 0.323 e. The lowest BCUT2D eigenvalue weighted by Crippen LogP contribution is -2.37. The van der Waals surface area contributed by atoms with E-state index < -0.39 is 0 Å². The van der Waals surface area contributed by atoms with Gasteiger partial charge >= 0.3 is 6.03 Å². The third kappa shape index (κ3) is 5.75. The number of carbonyl (C=O) groups excluding carboxylic acids is 2. The molecule has 0 aliphatic carbocycles. The molecular formula is C19H23ClN4O2. The molecule has 2 aromatic carbocycles. The molecule has 1 fully saturated rings. The first-order chi connectivity index (χ1) is 12.2. The van der Waals surface area contributed by atoms with E-state index in [1.165, 1.54) is 0 Å². The number of amides is 3. The third-order valence-corrected chi connectivity index (χ3v) is 4.11. The highest BCUT2D eigenvalue weighted by atomic mass is 35.5. The summed E-state index contributed by atoms with van der Waals surface area (Å²) in [6, 6.07) is 16.0. The van der Waals surface area contributed by atoms with Crippen molar-refractivity contribution in [2.45, 2.75) is 12.8 Å². The summed E-state index contributed by atoms with van der Waals surface area (Å²) in [7, 11) is 0. The Bertz CT molecular complexity index is 716. The van der Waals surface area contributed by atoms with Crippen LogP contribution in [0.15, 0.2) is 54.6 Å². The smallest absolute Gasteiger partial charge is 0.323 e. The van der Waals surface area contributed by atoms with Gasteiger partial charge in [0.25, 0.3) is 0 Å². The Hall–Kier alpha value is -2.57. The molecule has 1 saturated heterocycles. The molecule has 0 saturated carbocycles. The summed E-state index contributed by atoms with van der Waals surface area (Å²) in [6.45, 7) is 1.71. The van der Waals surface area contributed by atoms with Gasteiger partial charge in [0.15, 0.2) is 0 Å². The van der Waals surface area contributed by atoms with Gasteiger partial charge in [-0.1, -0.05) is 18.2 Å². The van der Waals surface area contributed by atoms with Crippen LogP contribution in [0.4, 0.5) is 21.9 Å². The molecule has 0 radical (unpaired) electrons. The van der Waals surface area contributed by atoms with E-state index in [-0.39, 0.29) is 30.3 Å². The van der Waals surface area contributed by atoms with Crippen molar-refractivity contribution < 1.29 is 9.59 Å². The molecule has 1 aliphatic heterocycles. The molecule has 1 heterocycles. The third-order valence-electron chi connectivity index (χ3n) is 4.11. The number of benzene rings is 2. The first kappa shape index (κ1) is 19.8. The fraction of sp³-hybridized carbons (Fsp3) is 0.263. The van der Waals surface area contributed by atoms with Crippen molar-refractivity contribution in [2.24, 2.45) is 5.92 Å². The van der Waals surface area contributed by atoms with E-state index >= 15 is 0 Å². The van der Waals surface area contributed by atoms with Crippen molar-refractivity contribution in [1.82, 2.24) is 5.32 Å². The summed E-state index contributed by atoms with van der Waals surface area (Å²) in [5.41, 5.74) is 2.11. The molecular weight excluding hydrogens is 352 g/mol. The minimum Gasteiger partial charge on any atom is -0.326 e. The van der Waals surface area contributed by atoms with Gasteiger partial charge in [0, 0.05) is 23.6 Å². The normalized spacial score (nSPS) is 16.1. The predicted octanol–water partition coefficient (Wildman–Crippen LogP) is 3.69. The van der Waals surface area contributed by atoms with E-state index in [0.717, 1.165) is 37.3 Å². The van der Waals surface area contributed by atoms with Gasteiger partial charge in [0.2, 0.25) is 5.91 Å². The minimum atomic E-state index is -0.309. The molecule has 1 atom stereocenters. The fourth-order valence-electron chi connectivity index (χ4n) is 2.77. The van der Waals surface area contributed by atoms with Crippen LogP contribution in [0, 0.1) is 5.92 Å². The number of para-hydroxylation sites is 1. The van der Waals surface area contributed by atoms with Crippen molar-refractivity contribution in [2.75, 3.05) is 29.0 Å². The topological polar surface area (TPSA) is 82.3 Å². The average Bonchev–Trinajstić information content (AvgIpc) is 2.65. The summed E-state index contributed by atoms with van der Waals surface area (Å²) in [5, 5.41) is 11.7. The molecule has 3 amide bonds. The summed E-state index contributed by atoms with van der Waals surface area (Å²) < 4.78 is 0. The lowest BCUT2D eigenvalue weighted by molar-refractivity contribution is -0.120. The summed E-state index contributed by atoms with van der Waals surface area (Å²) in [4.78, 5) is 24.2. The summed E-state index contributed by atoms with van der Waals surface area (Å²) in [6.07, 6.45) is 1.94. The van der Waals surface area contributed by atoms with E-state index in [4.69, 9.17) is 0 Å². The van der Waals surface area contributed by atoms with Crippen molar-refractivity contribution >= 4 is 41.4 Å². The largest absolute Gasteiger partial charge is 0.326 e. The number of hydrogen-bond donors (Lipinski definition) is 4. The molecule has 26 heavy (non-hydrogen) atoms. The first-order valence-electron chi connectivity index (χ1n) is 8.45. The molecule has 0 spiro atoms. The van der Waals surface area contributed by atoms with Crippen LogP contribution in [-0.2, 0) is 4.79 Å². The van der Waals surface area contributed by atoms with Gasteiger partial charge in [-0.25, -0.2) is 4.79 Å². The highest BCUT2D eigenvalue weighted by Crippen LogP contribution is 2.17. The standard InChI is InChI=1S/C19H22N4O2.ClH/c24-18(14-5-4-12-20-13-14)21-16-8-10-17(11-9-16)23-19(25)22-15-6-2-1-3-7-15;/h1-3,6-11,14,20H,4-5,12-13H2,(H,21,24)(H2,22,23,25);1H. The van der Waals surface area contributed by atoms with Gasteiger partial charge in [-0.2, -0.15) is 0 Å². The number of hydrogen-bond acceptors (Lipinski definition) is 3. The molecule has 4 N–H and O–H groups in total. The number of anilines is 3. The quantitative estimate of drug-likeness (QED) is 0.658. The zero-order valence-corrected chi connectivity index (χ0v) is 15.1. The molecule has 1 aliphatic rings. The van der Waals surface area contributed by atoms with Crippen molar-refractivity contribution in [3.05, 3.63) is 54.6 Å². The Morgan fingerprint density at radius 1 is 0.846 bits per heavy atom. The Kier molecular flexibility index (Phi) is 7.44. The number of nitrogens with one attached hydrogen (secondary N) is 4. The van der Waals surface area contributed by atoms with Gasteiger partial charge < -0.3 is 21.3 Å². The van der Waals surface area contributed by atoms with Crippen LogP contribution in [0.5, 0.6) is 0 Å². The highest BCUT2D eigenvalue weighted by molar-refractivity contribution is 6.00. The Balaban J connectivity index is 0.00000243. The van der Waals surface area contributed by atoms with E-state index in [1.54, 1.807) is 24.3 Å². The molecule has 1 unspecified atom stereocenters. The molecule has 138 valence electrons. The number of carbonyl (C=O) groups is 2. The second-order valence-electron chi connectivity index (χ2n) is 6.06. The summed E-state index contributed by atoms with van der Waals surface area (Å²) in [5.74, 6) is 0.0536. The number of urea groups is 1. The van der Waals surface area contributed by atoms with E-state index in [9.17, 15) is 9.59 Å². The second-order valence-corrected chi connectivity index (χ2v) is 6.06. The maximum absolute atomic E-state index is 12.2. The van der Waals surface area contributed by atoms with Crippen LogP contribution in [-0.4, -0.2) is 25.0 Å². The average molecular weight is 375 g/mol. The predicted molar refractivity (Wildman–Crippen MR) is 107 cm³/mol. The van der Waals surface area contributed by atoms with Crippen LogP contribution >= 0.6 is 12.4 Å². The Labute approximate surface area is 159 Å². The van der Waals surface area contributed by atoms with Crippen LogP contribution in [0.2, 0.25) is 0 Å².